The second kappa shape index (κ2) is 13.4. The second-order valence-electron chi connectivity index (χ2n) is 14.1. The third kappa shape index (κ3) is 5.29. The number of fused-ring (bicyclic) bond motifs is 9. The van der Waals surface area contributed by atoms with E-state index < -0.39 is 118 Å². The van der Waals surface area contributed by atoms with Crippen LogP contribution >= 0.6 is 0 Å². The first-order valence-corrected chi connectivity index (χ1v) is 19.0. The Labute approximate surface area is 362 Å². The molecular formula is C56H36N2O. The first-order chi connectivity index (χ1) is 35.5. The van der Waals surface area contributed by atoms with Gasteiger partial charge >= 0.3 is 0 Å². The van der Waals surface area contributed by atoms with Crippen molar-refractivity contribution in [2.45, 2.75) is 0 Å². The van der Waals surface area contributed by atoms with E-state index in [4.69, 9.17) is 14.0 Å². The summed E-state index contributed by atoms with van der Waals surface area (Å²) in [6, 6.07) is 28.7. The summed E-state index contributed by atoms with van der Waals surface area (Å²) < 4.78 is 148. The minimum Gasteiger partial charge on any atom is -0.455 e. The van der Waals surface area contributed by atoms with Crippen molar-refractivity contribution in [2.75, 3.05) is 4.90 Å². The van der Waals surface area contributed by atoms with Crippen LogP contribution in [0.5, 0.6) is 0 Å². The Morgan fingerprint density at radius 1 is 0.441 bits per heavy atom. The van der Waals surface area contributed by atoms with Crippen LogP contribution in [-0.2, 0) is 0 Å². The Bertz CT molecular complexity index is 4420. The predicted molar refractivity (Wildman–Crippen MR) is 249 cm³/mol. The first kappa shape index (κ1) is 21.6. The molecule has 0 fully saturated rings. The van der Waals surface area contributed by atoms with E-state index in [1.807, 2.05) is 97.1 Å². The highest BCUT2D eigenvalue weighted by atomic mass is 16.3. The maximum atomic E-state index is 10.3. The first-order valence-electron chi connectivity index (χ1n) is 26.5. The quantitative estimate of drug-likeness (QED) is 0.168. The highest BCUT2D eigenvalue weighted by Crippen LogP contribution is 2.46. The summed E-state index contributed by atoms with van der Waals surface area (Å²) in [7, 11) is 0. The van der Waals surface area contributed by atoms with Gasteiger partial charge in [0.15, 0.2) is 0 Å². The molecule has 0 saturated heterocycles. The van der Waals surface area contributed by atoms with Crippen molar-refractivity contribution in [1.82, 2.24) is 4.57 Å². The van der Waals surface area contributed by atoms with Crippen molar-refractivity contribution < 1.29 is 25.0 Å². The van der Waals surface area contributed by atoms with Crippen LogP contribution in [0.4, 0.5) is 17.1 Å². The topological polar surface area (TPSA) is 21.3 Å². The molecule has 0 amide bonds. The highest BCUT2D eigenvalue weighted by Gasteiger charge is 2.22. The number of anilines is 3. The fraction of sp³-hybridized carbons (Fsp3) is 0. The van der Waals surface area contributed by atoms with Gasteiger partial charge in [-0.15, -0.1) is 0 Å². The van der Waals surface area contributed by atoms with Gasteiger partial charge in [-0.2, -0.15) is 0 Å². The van der Waals surface area contributed by atoms with E-state index in [1.165, 1.54) is 4.90 Å². The zero-order valence-corrected chi connectivity index (χ0v) is 30.9. The number of hydrogen-bond donors (Lipinski definition) is 0. The van der Waals surface area contributed by atoms with Crippen LogP contribution in [0.15, 0.2) is 222 Å². The maximum absolute atomic E-state index is 10.3. The lowest BCUT2D eigenvalue weighted by molar-refractivity contribution is 0.672. The zero-order valence-electron chi connectivity index (χ0n) is 45.9. The van der Waals surface area contributed by atoms with Gasteiger partial charge in [-0.3, -0.25) is 0 Å². The maximum Gasteiger partial charge on any atom is 0.143 e. The Morgan fingerprint density at radius 3 is 2.12 bits per heavy atom. The fourth-order valence-corrected chi connectivity index (χ4v) is 8.28. The number of rotatable bonds is 6. The summed E-state index contributed by atoms with van der Waals surface area (Å²) >= 11 is 0. The lowest BCUT2D eigenvalue weighted by Crippen LogP contribution is -2.10. The normalized spacial score (nSPS) is 15.3. The van der Waals surface area contributed by atoms with Crippen LogP contribution in [-0.4, -0.2) is 4.57 Å². The molecule has 2 heterocycles. The molecule has 0 spiro atoms. The van der Waals surface area contributed by atoms with Gasteiger partial charge in [0.25, 0.3) is 0 Å². The van der Waals surface area contributed by atoms with Crippen LogP contribution in [0.1, 0.15) is 20.6 Å². The van der Waals surface area contributed by atoms with E-state index in [0.29, 0.717) is 32.9 Å². The van der Waals surface area contributed by atoms with Gasteiger partial charge in [-0.1, -0.05) is 151 Å². The zero-order chi connectivity index (χ0) is 51.9. The van der Waals surface area contributed by atoms with Crippen LogP contribution in [0.2, 0.25) is 0 Å². The Kier molecular flexibility index (Phi) is 4.89. The molecular weight excluding hydrogens is 717 g/mol. The number of benzene rings is 10. The van der Waals surface area contributed by atoms with Crippen molar-refractivity contribution in [3.8, 4) is 27.9 Å². The number of para-hydroxylation sites is 2. The molecule has 0 radical (unpaired) electrons. The van der Waals surface area contributed by atoms with Crippen LogP contribution < -0.4 is 4.90 Å². The van der Waals surface area contributed by atoms with Crippen molar-refractivity contribution in [3.63, 3.8) is 0 Å². The molecule has 0 unspecified atom stereocenters. The molecule has 3 heteroatoms. The highest BCUT2D eigenvalue weighted by molar-refractivity contribution is 6.20. The number of hydrogen-bond acceptors (Lipinski definition) is 2. The lowest BCUT2D eigenvalue weighted by Gasteiger charge is -2.27. The number of furan rings is 1. The van der Waals surface area contributed by atoms with Gasteiger partial charge in [0.1, 0.15) is 11.2 Å². The smallest absolute Gasteiger partial charge is 0.143 e. The third-order valence-corrected chi connectivity index (χ3v) is 10.8. The standard InChI is InChI=1S/C56H36N2O/c1-2-18-41(19-3-1)58-50-26-9-8-23-48(50)54-46(25-12-27-51(54)58)40-17-10-20-43(36-40)57(42-33-30-39(31-34-42)45-24-11-16-37-14-4-6-21-44(37)45)52-28-13-29-53-55(52)49-35-32-38-15-5-7-22-47(38)56(49)59-53/h1-36H/i4D,6D,10D,11D,14D,16D,17D,20D,21D,24D,30D,31D,33D,34D,36D. The van der Waals surface area contributed by atoms with Gasteiger partial charge < -0.3 is 13.9 Å². The summed E-state index contributed by atoms with van der Waals surface area (Å²) in [6.07, 6.45) is 0. The summed E-state index contributed by atoms with van der Waals surface area (Å²) in [5.74, 6) is 0. The third-order valence-electron chi connectivity index (χ3n) is 10.8. The van der Waals surface area contributed by atoms with Gasteiger partial charge in [0.05, 0.1) is 42.7 Å². The van der Waals surface area contributed by atoms with Crippen LogP contribution in [0.3, 0.4) is 0 Å². The Balaban J connectivity index is 1.22. The minimum atomic E-state index is -0.805. The molecule has 0 aliphatic heterocycles. The van der Waals surface area contributed by atoms with E-state index in [0.717, 1.165) is 32.9 Å². The second-order valence-corrected chi connectivity index (χ2v) is 14.1. The summed E-state index contributed by atoms with van der Waals surface area (Å²) in [5.41, 5.74) is 1.70. The number of aromatic nitrogens is 1. The summed E-state index contributed by atoms with van der Waals surface area (Å²) in [5, 5.41) is 3.13. The molecule has 0 N–H and O–H groups in total. The van der Waals surface area contributed by atoms with Gasteiger partial charge in [0, 0.05) is 38.6 Å². The summed E-state index contributed by atoms with van der Waals surface area (Å²) in [4.78, 5) is 1.23. The van der Waals surface area contributed by atoms with E-state index in [2.05, 4.69) is 4.57 Å². The van der Waals surface area contributed by atoms with Gasteiger partial charge in [-0.25, -0.2) is 0 Å². The van der Waals surface area contributed by atoms with Crippen LogP contribution in [0, 0.1) is 0 Å². The SMILES string of the molecule is [2H]c1c([2H])c(-c2cccc3c2c2ccccc2n3-c2ccccc2)c([2H])c(N(c2c([2H])c([2H])c(-c3c([2H])c([2H])c([2H])c4c([2H])c([2H])c([2H])c([2H])c34)c([2H])c2[2H])c2cccc3oc4c5ccccc5ccc4c23)c1[2H]. The largest absolute Gasteiger partial charge is 0.455 e. The molecule has 0 saturated carbocycles. The Morgan fingerprint density at radius 2 is 1.20 bits per heavy atom. The van der Waals surface area contributed by atoms with E-state index in [9.17, 15) is 11.0 Å². The van der Waals surface area contributed by atoms with E-state index in [-0.39, 0.29) is 16.9 Å². The van der Waals surface area contributed by atoms with Crippen molar-refractivity contribution in [3.05, 3.63) is 218 Å². The summed E-state index contributed by atoms with van der Waals surface area (Å²) in [6.45, 7) is 0. The van der Waals surface area contributed by atoms with E-state index >= 15 is 0 Å². The van der Waals surface area contributed by atoms with Crippen molar-refractivity contribution in [1.29, 1.82) is 0 Å². The predicted octanol–water partition coefficient (Wildman–Crippen LogP) is 15.8. The van der Waals surface area contributed by atoms with Crippen LogP contribution in [0.25, 0.3) is 93.2 Å². The molecule has 2 aromatic heterocycles. The fourth-order valence-electron chi connectivity index (χ4n) is 8.28. The molecule has 0 aliphatic rings. The van der Waals surface area contributed by atoms with E-state index in [1.54, 1.807) is 30.3 Å². The minimum absolute atomic E-state index is 0.0485. The Hall–Kier alpha value is -7.88. The van der Waals surface area contributed by atoms with Crippen molar-refractivity contribution >= 4 is 82.4 Å². The average molecular weight is 768 g/mol. The van der Waals surface area contributed by atoms with Gasteiger partial charge in [0.2, 0.25) is 0 Å². The molecule has 0 bridgehead atoms. The number of nitrogens with zero attached hydrogens (tertiary/aromatic N) is 2. The van der Waals surface area contributed by atoms with Crippen molar-refractivity contribution in [2.24, 2.45) is 0 Å². The molecule has 12 rings (SSSR count). The molecule has 276 valence electrons. The van der Waals surface area contributed by atoms with Gasteiger partial charge in [-0.05, 0) is 105 Å². The molecule has 12 aromatic rings. The average Bonchev–Trinajstić information content (AvgIpc) is 3.97. The molecule has 10 aromatic carbocycles. The molecule has 3 nitrogen and oxygen atoms in total. The monoisotopic (exact) mass is 767 g/mol. The molecule has 0 aliphatic carbocycles. The molecule has 59 heavy (non-hydrogen) atoms. The lowest BCUT2D eigenvalue weighted by atomic mass is 9.97. The molecule has 0 atom stereocenters.